The van der Waals surface area contributed by atoms with Crippen LogP contribution < -0.4 is 10.9 Å². The lowest BCUT2D eigenvalue weighted by molar-refractivity contribution is 0.0954. The molecule has 0 aliphatic carbocycles. The number of benzene rings is 1. The maximum atomic E-state index is 12.8. The second-order valence-electron chi connectivity index (χ2n) is 7.61. The van der Waals surface area contributed by atoms with Gasteiger partial charge in [-0.05, 0) is 51.3 Å². The van der Waals surface area contributed by atoms with Crippen molar-refractivity contribution >= 4 is 27.9 Å². The van der Waals surface area contributed by atoms with Crippen LogP contribution in [0.2, 0.25) is 0 Å². The molecule has 0 fully saturated rings. The Kier molecular flexibility index (Phi) is 4.53. The number of fused-ring (bicyclic) bond motifs is 2. The fourth-order valence-electron chi connectivity index (χ4n) is 4.01. The highest BCUT2D eigenvalue weighted by molar-refractivity contribution is 6.06. The van der Waals surface area contributed by atoms with Gasteiger partial charge in [0.05, 0.1) is 5.56 Å². The summed E-state index contributed by atoms with van der Waals surface area (Å²) in [4.78, 5) is 32.9. The molecule has 1 amide bonds. The highest BCUT2D eigenvalue weighted by Gasteiger charge is 2.22. The first-order valence-corrected chi connectivity index (χ1v) is 9.59. The van der Waals surface area contributed by atoms with Gasteiger partial charge >= 0.3 is 0 Å². The van der Waals surface area contributed by atoms with Crippen molar-refractivity contribution in [2.75, 3.05) is 6.54 Å². The fraction of sp³-hybridized carbons (Fsp3) is 0.318. The van der Waals surface area contributed by atoms with Crippen LogP contribution in [0.15, 0.2) is 27.7 Å². The Hall–Kier alpha value is -3.35. The zero-order chi connectivity index (χ0) is 20.9. The molecule has 3 heterocycles. The minimum atomic E-state index is -0.323. The van der Waals surface area contributed by atoms with Gasteiger partial charge in [-0.1, -0.05) is 11.6 Å². The van der Waals surface area contributed by atoms with E-state index in [2.05, 4.69) is 48.2 Å². The molecule has 0 radical (unpaired) electrons. The van der Waals surface area contributed by atoms with Crippen molar-refractivity contribution in [2.24, 2.45) is 7.05 Å². The standard InChI is InChI=1S/C22H24N4O3/c1-11-8-12(2)19-16(9-11)15(13(3)25-19)6-7-23-20(27)17-14(4)29-21-18(17)22(28)26(5)10-24-21/h8-10,25H,6-7H2,1-5H3,(H,23,27). The Morgan fingerprint density at radius 3 is 2.76 bits per heavy atom. The number of hydrogen-bond donors (Lipinski definition) is 2. The van der Waals surface area contributed by atoms with Crippen molar-refractivity contribution in [3.05, 3.63) is 62.5 Å². The van der Waals surface area contributed by atoms with Crippen LogP contribution in [0, 0.1) is 27.7 Å². The molecule has 0 atom stereocenters. The average Bonchev–Trinajstić information content (AvgIpc) is 3.16. The number of aryl methyl sites for hydroxylation is 5. The molecule has 0 bridgehead atoms. The van der Waals surface area contributed by atoms with Crippen LogP contribution in [0.1, 0.15) is 38.5 Å². The first kappa shape index (κ1) is 19.0. The van der Waals surface area contributed by atoms with Crippen molar-refractivity contribution in [3.63, 3.8) is 0 Å². The van der Waals surface area contributed by atoms with E-state index in [1.807, 2.05) is 0 Å². The summed E-state index contributed by atoms with van der Waals surface area (Å²) in [6.07, 6.45) is 2.07. The number of nitrogens with one attached hydrogen (secondary N) is 2. The maximum Gasteiger partial charge on any atom is 0.265 e. The summed E-state index contributed by atoms with van der Waals surface area (Å²) in [7, 11) is 1.60. The van der Waals surface area contributed by atoms with Crippen LogP contribution in [-0.4, -0.2) is 27.0 Å². The summed E-state index contributed by atoms with van der Waals surface area (Å²) in [5.74, 6) is 0.0685. The topological polar surface area (TPSA) is 92.9 Å². The summed E-state index contributed by atoms with van der Waals surface area (Å²) >= 11 is 0. The molecule has 1 aromatic carbocycles. The summed E-state index contributed by atoms with van der Waals surface area (Å²) < 4.78 is 6.86. The molecule has 29 heavy (non-hydrogen) atoms. The first-order valence-electron chi connectivity index (χ1n) is 9.59. The normalized spacial score (nSPS) is 11.5. The smallest absolute Gasteiger partial charge is 0.265 e. The minimum Gasteiger partial charge on any atom is -0.442 e. The Morgan fingerprint density at radius 2 is 2.00 bits per heavy atom. The second kappa shape index (κ2) is 6.92. The summed E-state index contributed by atoms with van der Waals surface area (Å²) in [5, 5.41) is 4.35. The number of furan rings is 1. The van der Waals surface area contributed by atoms with Gasteiger partial charge in [-0.3, -0.25) is 9.59 Å². The first-order chi connectivity index (χ1) is 13.8. The third-order valence-corrected chi connectivity index (χ3v) is 5.41. The molecule has 7 heteroatoms. The van der Waals surface area contributed by atoms with E-state index in [0.29, 0.717) is 18.7 Å². The highest BCUT2D eigenvalue weighted by atomic mass is 16.3. The molecule has 0 saturated heterocycles. The molecule has 3 aromatic heterocycles. The van der Waals surface area contributed by atoms with Crippen molar-refractivity contribution in [2.45, 2.75) is 34.1 Å². The molecule has 150 valence electrons. The van der Waals surface area contributed by atoms with E-state index in [1.54, 1.807) is 14.0 Å². The highest BCUT2D eigenvalue weighted by Crippen LogP contribution is 2.27. The summed E-state index contributed by atoms with van der Waals surface area (Å²) in [6.45, 7) is 8.35. The monoisotopic (exact) mass is 392 g/mol. The predicted molar refractivity (Wildman–Crippen MR) is 113 cm³/mol. The van der Waals surface area contributed by atoms with Gasteiger partial charge in [0.1, 0.15) is 17.5 Å². The largest absolute Gasteiger partial charge is 0.442 e. The second-order valence-corrected chi connectivity index (χ2v) is 7.61. The molecule has 0 aliphatic heterocycles. The molecule has 0 spiro atoms. The number of amides is 1. The molecular formula is C22H24N4O3. The maximum absolute atomic E-state index is 12.8. The van der Waals surface area contributed by atoms with E-state index in [-0.39, 0.29) is 28.1 Å². The van der Waals surface area contributed by atoms with E-state index in [1.165, 1.54) is 33.0 Å². The number of rotatable bonds is 4. The Labute approximate surface area is 167 Å². The molecule has 0 saturated carbocycles. The van der Waals surface area contributed by atoms with E-state index in [0.717, 1.165) is 11.2 Å². The number of aromatic nitrogens is 3. The lowest BCUT2D eigenvalue weighted by Gasteiger charge is -2.06. The van der Waals surface area contributed by atoms with Gasteiger partial charge in [-0.15, -0.1) is 0 Å². The molecule has 7 nitrogen and oxygen atoms in total. The number of nitrogens with zero attached hydrogens (tertiary/aromatic N) is 2. The molecule has 0 unspecified atom stereocenters. The molecule has 2 N–H and O–H groups in total. The van der Waals surface area contributed by atoms with Gasteiger partial charge in [0.2, 0.25) is 5.71 Å². The molecule has 4 aromatic rings. The minimum absolute atomic E-state index is 0.189. The van der Waals surface area contributed by atoms with Crippen LogP contribution in [-0.2, 0) is 13.5 Å². The average molecular weight is 392 g/mol. The fourth-order valence-corrected chi connectivity index (χ4v) is 4.01. The van der Waals surface area contributed by atoms with Gasteiger partial charge in [0.15, 0.2) is 0 Å². The van der Waals surface area contributed by atoms with Crippen LogP contribution in [0.25, 0.3) is 22.0 Å². The third-order valence-electron chi connectivity index (χ3n) is 5.41. The number of carbonyl (C=O) groups is 1. The van der Waals surface area contributed by atoms with Gasteiger partial charge in [-0.2, -0.15) is 0 Å². The zero-order valence-corrected chi connectivity index (χ0v) is 17.3. The summed E-state index contributed by atoms with van der Waals surface area (Å²) in [6, 6.07) is 4.33. The third kappa shape index (κ3) is 3.12. The Morgan fingerprint density at radius 1 is 1.24 bits per heavy atom. The van der Waals surface area contributed by atoms with Gasteiger partial charge < -0.3 is 19.3 Å². The van der Waals surface area contributed by atoms with Gasteiger partial charge in [0.25, 0.3) is 11.5 Å². The van der Waals surface area contributed by atoms with Crippen molar-refractivity contribution in [1.82, 2.24) is 19.9 Å². The number of carbonyl (C=O) groups excluding carboxylic acids is 1. The predicted octanol–water partition coefficient (Wildman–Crippen LogP) is 3.21. The van der Waals surface area contributed by atoms with E-state index in [4.69, 9.17) is 4.42 Å². The number of hydrogen-bond acceptors (Lipinski definition) is 4. The zero-order valence-electron chi connectivity index (χ0n) is 17.3. The van der Waals surface area contributed by atoms with Gasteiger partial charge in [-0.25, -0.2) is 4.98 Å². The van der Waals surface area contributed by atoms with Crippen LogP contribution in [0.4, 0.5) is 0 Å². The van der Waals surface area contributed by atoms with Gasteiger partial charge in [0, 0.05) is 30.2 Å². The van der Waals surface area contributed by atoms with Crippen molar-refractivity contribution in [1.29, 1.82) is 0 Å². The molecule has 4 rings (SSSR count). The number of aromatic amines is 1. The Bertz CT molecular complexity index is 1320. The Balaban J connectivity index is 1.59. The van der Waals surface area contributed by atoms with Crippen LogP contribution >= 0.6 is 0 Å². The lowest BCUT2D eigenvalue weighted by Crippen LogP contribution is -2.28. The van der Waals surface area contributed by atoms with Crippen LogP contribution in [0.3, 0.4) is 0 Å². The van der Waals surface area contributed by atoms with E-state index in [9.17, 15) is 9.59 Å². The van der Waals surface area contributed by atoms with E-state index >= 15 is 0 Å². The number of H-pyrrole nitrogens is 1. The molecule has 0 aliphatic rings. The van der Waals surface area contributed by atoms with E-state index < -0.39 is 0 Å². The quantitative estimate of drug-likeness (QED) is 0.558. The SMILES string of the molecule is Cc1cc(C)c2[nH]c(C)c(CCNC(=O)c3c(C)oc4ncn(C)c(=O)c34)c2c1. The van der Waals surface area contributed by atoms with Crippen molar-refractivity contribution in [3.8, 4) is 0 Å². The molecular weight excluding hydrogens is 368 g/mol. The summed E-state index contributed by atoms with van der Waals surface area (Å²) in [5.41, 5.74) is 6.01. The lowest BCUT2D eigenvalue weighted by atomic mass is 10.0. The van der Waals surface area contributed by atoms with Crippen molar-refractivity contribution < 1.29 is 9.21 Å². The van der Waals surface area contributed by atoms with Crippen LogP contribution in [0.5, 0.6) is 0 Å².